The average molecular weight is 191 g/mol. The van der Waals surface area contributed by atoms with Gasteiger partial charge in [0.25, 0.3) is 5.82 Å². The number of tetrazole rings is 1. The van der Waals surface area contributed by atoms with Crippen molar-refractivity contribution in [3.05, 3.63) is 40.4 Å². The van der Waals surface area contributed by atoms with Crippen molar-refractivity contribution in [3.63, 3.8) is 0 Å². The van der Waals surface area contributed by atoms with Crippen molar-refractivity contribution in [1.82, 2.24) is 20.3 Å². The molecule has 2 rings (SSSR count). The number of aromatic nitrogens is 4. The summed E-state index contributed by atoms with van der Waals surface area (Å²) in [5.74, 6) is 0.121. The van der Waals surface area contributed by atoms with Crippen LogP contribution in [0.4, 0.5) is 0 Å². The maximum atomic E-state index is 10.5. The van der Waals surface area contributed by atoms with Crippen molar-refractivity contribution in [2.24, 2.45) is 0 Å². The van der Waals surface area contributed by atoms with Gasteiger partial charge in [-0.1, -0.05) is 35.4 Å². The summed E-state index contributed by atoms with van der Waals surface area (Å²) in [5, 5.41) is 19.9. The van der Waals surface area contributed by atoms with E-state index in [-0.39, 0.29) is 5.82 Å². The molecule has 0 amide bonds. The van der Waals surface area contributed by atoms with Crippen LogP contribution >= 0.6 is 0 Å². The van der Waals surface area contributed by atoms with E-state index in [4.69, 9.17) is 0 Å². The lowest BCUT2D eigenvalue weighted by molar-refractivity contribution is -0.551. The Morgan fingerprint density at radius 1 is 1.29 bits per heavy atom. The third-order valence-electron chi connectivity index (χ3n) is 1.64. The second kappa shape index (κ2) is 3.21. The molecule has 0 atom stereocenters. The third kappa shape index (κ3) is 1.30. The van der Waals surface area contributed by atoms with Gasteiger partial charge >= 0.3 is 0 Å². The van der Waals surface area contributed by atoms with Gasteiger partial charge in [0.05, 0.1) is 9.82 Å². The lowest BCUT2D eigenvalue weighted by atomic mass is 10.2. The highest BCUT2D eigenvalue weighted by Crippen LogP contribution is 2.13. The smallest absolute Gasteiger partial charge is 0.256 e. The molecule has 1 aromatic heterocycles. The lowest BCUT2D eigenvalue weighted by Gasteiger charge is -1.95. The maximum absolute atomic E-state index is 10.5. The van der Waals surface area contributed by atoms with Crippen molar-refractivity contribution in [2.45, 2.75) is 0 Å². The van der Waals surface area contributed by atoms with E-state index in [1.54, 1.807) is 24.3 Å². The Balaban J connectivity index is 2.52. The molecule has 0 radical (unpaired) electrons. The van der Waals surface area contributed by atoms with Crippen LogP contribution < -0.4 is 0 Å². The van der Waals surface area contributed by atoms with Gasteiger partial charge in [0, 0.05) is 5.56 Å². The molecular weight excluding hydrogens is 186 g/mol. The van der Waals surface area contributed by atoms with Crippen LogP contribution in [0.5, 0.6) is 0 Å². The topological polar surface area (TPSA) is 86.7 Å². The molecule has 0 aliphatic rings. The first-order valence-electron chi connectivity index (χ1n) is 3.77. The van der Waals surface area contributed by atoms with Crippen LogP contribution in [0.25, 0.3) is 11.4 Å². The first-order valence-corrected chi connectivity index (χ1v) is 3.77. The molecule has 0 spiro atoms. The standard InChI is InChI=1S/C7H5N5O2/c13-12(14)11-7(8-9-10-11)6-4-2-1-3-5-6/h1-5H. The first-order chi connectivity index (χ1) is 6.79. The van der Waals surface area contributed by atoms with E-state index in [2.05, 4.69) is 15.5 Å². The molecule has 0 aliphatic carbocycles. The van der Waals surface area contributed by atoms with Crippen LogP contribution in [-0.4, -0.2) is 25.3 Å². The molecule has 0 saturated carbocycles. The van der Waals surface area contributed by atoms with E-state index in [9.17, 15) is 10.1 Å². The highest BCUT2D eigenvalue weighted by atomic mass is 16.7. The molecule has 0 saturated heterocycles. The van der Waals surface area contributed by atoms with Crippen LogP contribution in [0.3, 0.4) is 0 Å². The van der Waals surface area contributed by atoms with Crippen LogP contribution in [0.15, 0.2) is 30.3 Å². The Morgan fingerprint density at radius 3 is 2.64 bits per heavy atom. The molecule has 1 aromatic carbocycles. The van der Waals surface area contributed by atoms with E-state index in [1.807, 2.05) is 6.07 Å². The van der Waals surface area contributed by atoms with Crippen molar-refractivity contribution in [1.29, 1.82) is 0 Å². The van der Waals surface area contributed by atoms with E-state index in [0.29, 0.717) is 10.4 Å². The molecule has 0 unspecified atom stereocenters. The Bertz CT molecular complexity index is 452. The average Bonchev–Trinajstić information content (AvgIpc) is 2.67. The zero-order chi connectivity index (χ0) is 9.97. The Morgan fingerprint density at radius 2 is 2.00 bits per heavy atom. The van der Waals surface area contributed by atoms with Gasteiger partial charge in [-0.05, 0) is 0 Å². The Labute approximate surface area is 78.1 Å². The molecule has 7 nitrogen and oxygen atoms in total. The largest absolute Gasteiger partial charge is 0.339 e. The van der Waals surface area contributed by atoms with Gasteiger partial charge in [-0.15, -0.1) is 0 Å². The van der Waals surface area contributed by atoms with E-state index in [0.717, 1.165) is 0 Å². The minimum atomic E-state index is -0.678. The summed E-state index contributed by atoms with van der Waals surface area (Å²) in [5.41, 5.74) is 0.606. The summed E-state index contributed by atoms with van der Waals surface area (Å²) in [7, 11) is 0. The molecule has 70 valence electrons. The van der Waals surface area contributed by atoms with Crippen LogP contribution in [-0.2, 0) is 0 Å². The number of rotatable bonds is 2. The second-order valence-corrected chi connectivity index (χ2v) is 2.50. The van der Waals surface area contributed by atoms with Crippen molar-refractivity contribution >= 4 is 0 Å². The SMILES string of the molecule is O=[N+]([O-])n1nnnc1-c1ccccc1. The molecule has 14 heavy (non-hydrogen) atoms. The Hall–Kier alpha value is -2.31. The summed E-state index contributed by atoms with van der Waals surface area (Å²) in [6, 6.07) is 8.73. The van der Waals surface area contributed by atoms with Gasteiger partial charge in [0.1, 0.15) is 5.21 Å². The first kappa shape index (κ1) is 8.30. The van der Waals surface area contributed by atoms with Gasteiger partial charge in [0.2, 0.25) is 5.21 Å². The summed E-state index contributed by atoms with van der Waals surface area (Å²) in [6.07, 6.45) is 0. The van der Waals surface area contributed by atoms with Gasteiger partial charge in [-0.3, -0.25) is 0 Å². The predicted molar refractivity (Wildman–Crippen MR) is 45.6 cm³/mol. The lowest BCUT2D eigenvalue weighted by Crippen LogP contribution is -2.12. The van der Waals surface area contributed by atoms with Crippen molar-refractivity contribution in [3.8, 4) is 11.4 Å². The fourth-order valence-corrected chi connectivity index (χ4v) is 1.05. The van der Waals surface area contributed by atoms with Crippen LogP contribution in [0.2, 0.25) is 0 Å². The number of benzene rings is 1. The highest BCUT2D eigenvalue weighted by Gasteiger charge is 2.16. The maximum Gasteiger partial charge on any atom is 0.256 e. The van der Waals surface area contributed by atoms with Gasteiger partial charge < -0.3 is 10.1 Å². The quantitative estimate of drug-likeness (QED) is 0.505. The summed E-state index contributed by atoms with van der Waals surface area (Å²) < 4.78 is 0. The minimum Gasteiger partial charge on any atom is -0.339 e. The fourth-order valence-electron chi connectivity index (χ4n) is 1.05. The Kier molecular flexibility index (Phi) is 1.90. The zero-order valence-electron chi connectivity index (χ0n) is 6.94. The molecular formula is C7H5N5O2. The highest BCUT2D eigenvalue weighted by molar-refractivity contribution is 5.53. The van der Waals surface area contributed by atoms with E-state index >= 15 is 0 Å². The van der Waals surface area contributed by atoms with Crippen molar-refractivity contribution in [2.75, 3.05) is 0 Å². The number of nitrogens with zero attached hydrogens (tertiary/aromatic N) is 5. The molecule has 0 aliphatic heterocycles. The molecule has 0 fully saturated rings. The molecule has 1 heterocycles. The second-order valence-electron chi connectivity index (χ2n) is 2.50. The van der Waals surface area contributed by atoms with Gasteiger partial charge in [0.15, 0.2) is 0 Å². The minimum absolute atomic E-state index is 0.121. The number of nitro groups is 1. The summed E-state index contributed by atoms with van der Waals surface area (Å²) in [6.45, 7) is 0. The van der Waals surface area contributed by atoms with Crippen molar-refractivity contribution < 1.29 is 5.03 Å². The van der Waals surface area contributed by atoms with E-state index in [1.165, 1.54) is 0 Å². The number of hydrogen-bond donors (Lipinski definition) is 0. The predicted octanol–water partition coefficient (Wildman–Crippen LogP) is 0.380. The number of hydrogen-bond acceptors (Lipinski definition) is 5. The normalized spacial score (nSPS) is 10.0. The van der Waals surface area contributed by atoms with Crippen LogP contribution in [0, 0.1) is 10.1 Å². The summed E-state index contributed by atoms with van der Waals surface area (Å²) >= 11 is 0. The van der Waals surface area contributed by atoms with Gasteiger partial charge in [-0.25, -0.2) is 0 Å². The fraction of sp³-hybridized carbons (Fsp3) is 0. The molecule has 0 bridgehead atoms. The monoisotopic (exact) mass is 191 g/mol. The zero-order valence-corrected chi connectivity index (χ0v) is 6.94. The van der Waals surface area contributed by atoms with Crippen LogP contribution in [0.1, 0.15) is 0 Å². The summed E-state index contributed by atoms with van der Waals surface area (Å²) in [4.78, 5) is 11.0. The van der Waals surface area contributed by atoms with E-state index < -0.39 is 5.03 Å². The molecule has 7 heteroatoms. The van der Waals surface area contributed by atoms with Gasteiger partial charge in [-0.2, -0.15) is 0 Å². The molecule has 0 N–H and O–H groups in total. The third-order valence-corrected chi connectivity index (χ3v) is 1.64. The molecule has 2 aromatic rings.